The van der Waals surface area contributed by atoms with Crippen molar-refractivity contribution in [1.82, 2.24) is 19.4 Å². The second-order valence-electron chi connectivity index (χ2n) is 6.23. The minimum Gasteiger partial charge on any atom is -0.317 e. The number of aromatic nitrogens is 2. The Morgan fingerprint density at radius 2 is 1.96 bits per heavy atom. The molecule has 3 rings (SSSR count). The van der Waals surface area contributed by atoms with Gasteiger partial charge >= 0.3 is 0 Å². The summed E-state index contributed by atoms with van der Waals surface area (Å²) >= 11 is 0. The topological polar surface area (TPSA) is 67.2 Å². The highest BCUT2D eigenvalue weighted by molar-refractivity contribution is 7.89. The van der Waals surface area contributed by atoms with Crippen LogP contribution in [0.15, 0.2) is 41.6 Å². The molecule has 2 aromatic rings. The maximum Gasteiger partial charge on any atom is 0.246 e. The molecule has 0 atom stereocenters. The Kier molecular flexibility index (Phi) is 7.16. The number of piperidine rings is 1. The normalized spacial score (nSPS) is 16.4. The zero-order valence-electron chi connectivity index (χ0n) is 14.6. The number of halogens is 2. The second-order valence-corrected chi connectivity index (χ2v) is 8.17. The number of hydrogen-bond donors (Lipinski definition) is 1. The fraction of sp³-hybridized carbons (Fsp3) is 0.471. The van der Waals surface area contributed by atoms with Gasteiger partial charge in [0, 0.05) is 13.1 Å². The molecule has 0 saturated carbocycles. The van der Waals surface area contributed by atoms with E-state index in [1.54, 1.807) is 18.2 Å². The molecule has 0 radical (unpaired) electrons. The first-order valence-corrected chi connectivity index (χ1v) is 9.97. The lowest BCUT2D eigenvalue weighted by atomic mass is 9.98. The molecule has 2 heterocycles. The van der Waals surface area contributed by atoms with E-state index in [9.17, 15) is 12.8 Å². The van der Waals surface area contributed by atoms with E-state index in [1.165, 1.54) is 27.4 Å². The van der Waals surface area contributed by atoms with Gasteiger partial charge in [-0.2, -0.15) is 9.40 Å². The van der Waals surface area contributed by atoms with E-state index in [4.69, 9.17) is 0 Å². The number of benzene rings is 1. The average molecular weight is 403 g/mol. The van der Waals surface area contributed by atoms with Crippen molar-refractivity contribution in [2.24, 2.45) is 5.92 Å². The summed E-state index contributed by atoms with van der Waals surface area (Å²) in [4.78, 5) is 0.0980. The molecule has 0 bridgehead atoms. The summed E-state index contributed by atoms with van der Waals surface area (Å²) in [6, 6.07) is 6.15. The highest BCUT2D eigenvalue weighted by atomic mass is 35.5. The molecule has 1 aromatic heterocycles. The standard InChI is InChI=1S/C17H23FN4O2S.ClH/c1-2-19-11-14-7-9-21(10-8-14)25(23,24)15-12-20-22(13-15)17-6-4-3-5-16(17)18;/h3-6,12-14,19H,2,7-11H2,1H3;1H. The van der Waals surface area contributed by atoms with Gasteiger partial charge < -0.3 is 5.32 Å². The van der Waals surface area contributed by atoms with Crippen LogP contribution in [-0.2, 0) is 10.0 Å². The van der Waals surface area contributed by atoms with Crippen molar-refractivity contribution in [3.05, 3.63) is 42.5 Å². The zero-order valence-corrected chi connectivity index (χ0v) is 16.3. The minimum absolute atomic E-state index is 0. The SMILES string of the molecule is CCNCC1CCN(S(=O)(=O)c2cnn(-c3ccccc3F)c2)CC1.Cl. The number of hydrogen-bond acceptors (Lipinski definition) is 4. The van der Waals surface area contributed by atoms with Crippen molar-refractivity contribution in [3.8, 4) is 5.69 Å². The smallest absolute Gasteiger partial charge is 0.246 e. The number of nitrogens with zero attached hydrogens (tertiary/aromatic N) is 3. The van der Waals surface area contributed by atoms with Gasteiger partial charge in [-0.25, -0.2) is 17.5 Å². The molecule has 1 fully saturated rings. The molecule has 144 valence electrons. The van der Waals surface area contributed by atoms with Crippen LogP contribution in [0.5, 0.6) is 0 Å². The molecule has 6 nitrogen and oxygen atoms in total. The molecule has 1 aliphatic heterocycles. The maximum absolute atomic E-state index is 13.9. The van der Waals surface area contributed by atoms with Gasteiger partial charge in [-0.1, -0.05) is 19.1 Å². The quantitative estimate of drug-likeness (QED) is 0.805. The third-order valence-corrected chi connectivity index (χ3v) is 6.40. The molecular formula is C17H24ClFN4O2S. The predicted molar refractivity (Wildman–Crippen MR) is 101 cm³/mol. The lowest BCUT2D eigenvalue weighted by molar-refractivity contribution is 0.268. The summed E-state index contributed by atoms with van der Waals surface area (Å²) in [5.74, 6) is 0.0614. The first kappa shape index (κ1) is 20.8. The van der Waals surface area contributed by atoms with Crippen molar-refractivity contribution in [3.63, 3.8) is 0 Å². The number of sulfonamides is 1. The Morgan fingerprint density at radius 3 is 2.62 bits per heavy atom. The van der Waals surface area contributed by atoms with Crippen LogP contribution in [0.4, 0.5) is 4.39 Å². The summed E-state index contributed by atoms with van der Waals surface area (Å²) in [5.41, 5.74) is 0.230. The van der Waals surface area contributed by atoms with E-state index in [0.717, 1.165) is 25.9 Å². The van der Waals surface area contributed by atoms with Gasteiger partial charge in [0.05, 0.1) is 12.4 Å². The monoisotopic (exact) mass is 402 g/mol. The Bertz CT molecular complexity index is 820. The number of nitrogens with one attached hydrogen (secondary N) is 1. The van der Waals surface area contributed by atoms with Gasteiger partial charge in [0.2, 0.25) is 10.0 Å². The van der Waals surface area contributed by atoms with Crippen LogP contribution < -0.4 is 5.32 Å². The van der Waals surface area contributed by atoms with Gasteiger partial charge in [0.1, 0.15) is 16.4 Å². The zero-order chi connectivity index (χ0) is 17.9. The number of rotatable bonds is 6. The summed E-state index contributed by atoms with van der Waals surface area (Å²) in [5, 5.41) is 7.34. The first-order valence-electron chi connectivity index (χ1n) is 8.53. The molecule has 1 N–H and O–H groups in total. The highest BCUT2D eigenvalue weighted by Crippen LogP contribution is 2.24. The molecule has 1 saturated heterocycles. The van der Waals surface area contributed by atoms with Crippen LogP contribution in [0.25, 0.3) is 5.69 Å². The van der Waals surface area contributed by atoms with Gasteiger partial charge in [0.25, 0.3) is 0 Å². The molecule has 9 heteroatoms. The van der Waals surface area contributed by atoms with Gasteiger partial charge in [-0.3, -0.25) is 0 Å². The summed E-state index contributed by atoms with van der Waals surface area (Å²) < 4.78 is 42.2. The largest absolute Gasteiger partial charge is 0.317 e. The molecule has 0 aliphatic carbocycles. The first-order chi connectivity index (χ1) is 12.0. The number of para-hydroxylation sites is 1. The van der Waals surface area contributed by atoms with Gasteiger partial charge in [0.15, 0.2) is 0 Å². The molecule has 0 amide bonds. The van der Waals surface area contributed by atoms with Gasteiger partial charge in [-0.05, 0) is 44.0 Å². The third-order valence-electron chi connectivity index (χ3n) is 4.55. The second kappa shape index (κ2) is 8.94. The Labute approximate surface area is 159 Å². The van der Waals surface area contributed by atoms with Crippen LogP contribution in [-0.4, -0.2) is 48.7 Å². The lowest BCUT2D eigenvalue weighted by Gasteiger charge is -2.30. The van der Waals surface area contributed by atoms with E-state index in [1.807, 2.05) is 0 Å². The fourth-order valence-electron chi connectivity index (χ4n) is 3.06. The fourth-order valence-corrected chi connectivity index (χ4v) is 4.46. The van der Waals surface area contributed by atoms with Crippen LogP contribution in [0.3, 0.4) is 0 Å². The molecule has 0 unspecified atom stereocenters. The van der Waals surface area contributed by atoms with Crippen LogP contribution in [0.2, 0.25) is 0 Å². The average Bonchev–Trinajstić information content (AvgIpc) is 3.11. The minimum atomic E-state index is -3.60. The maximum atomic E-state index is 13.9. The summed E-state index contributed by atoms with van der Waals surface area (Å²) in [7, 11) is -3.60. The van der Waals surface area contributed by atoms with E-state index in [-0.39, 0.29) is 23.0 Å². The molecule has 26 heavy (non-hydrogen) atoms. The summed E-state index contributed by atoms with van der Waals surface area (Å²) in [6.07, 6.45) is 4.34. The third kappa shape index (κ3) is 4.43. The van der Waals surface area contributed by atoms with E-state index < -0.39 is 15.8 Å². The van der Waals surface area contributed by atoms with Crippen molar-refractivity contribution in [1.29, 1.82) is 0 Å². The Hall–Kier alpha value is -1.48. The van der Waals surface area contributed by atoms with E-state index >= 15 is 0 Å². The van der Waals surface area contributed by atoms with Crippen LogP contribution >= 0.6 is 12.4 Å². The lowest BCUT2D eigenvalue weighted by Crippen LogP contribution is -2.40. The van der Waals surface area contributed by atoms with E-state index in [2.05, 4.69) is 17.3 Å². The molecule has 1 aliphatic rings. The van der Waals surface area contributed by atoms with Crippen LogP contribution in [0, 0.1) is 11.7 Å². The van der Waals surface area contributed by atoms with Crippen LogP contribution in [0.1, 0.15) is 19.8 Å². The molecule has 0 spiro atoms. The summed E-state index contributed by atoms with van der Waals surface area (Å²) in [6.45, 7) is 4.92. The van der Waals surface area contributed by atoms with E-state index in [0.29, 0.717) is 19.0 Å². The Balaban J connectivity index is 0.00000243. The van der Waals surface area contributed by atoms with Crippen molar-refractivity contribution in [2.75, 3.05) is 26.2 Å². The predicted octanol–water partition coefficient (Wildman–Crippen LogP) is 2.44. The van der Waals surface area contributed by atoms with Crippen molar-refractivity contribution >= 4 is 22.4 Å². The Morgan fingerprint density at radius 1 is 1.27 bits per heavy atom. The van der Waals surface area contributed by atoms with Crippen molar-refractivity contribution < 1.29 is 12.8 Å². The molecule has 1 aromatic carbocycles. The van der Waals surface area contributed by atoms with Crippen molar-refractivity contribution in [2.45, 2.75) is 24.7 Å². The highest BCUT2D eigenvalue weighted by Gasteiger charge is 2.30. The van der Waals surface area contributed by atoms with Gasteiger partial charge in [-0.15, -0.1) is 12.4 Å². The molecular weight excluding hydrogens is 379 g/mol.